The monoisotopic (exact) mass is 529 g/mol. The normalized spacial score (nSPS) is 12.3. The topological polar surface area (TPSA) is 19.7 Å². The summed E-state index contributed by atoms with van der Waals surface area (Å²) in [5, 5.41) is 0. The fourth-order valence-corrected chi connectivity index (χ4v) is 6.22. The molecule has 0 saturated carbocycles. The SMILES string of the molecule is CCCCCCCCCCCCCCCCCCC(C(Cc1ccccc1)Cc1ccccc1)[n+]1cc[nH]c1. The van der Waals surface area contributed by atoms with Crippen LogP contribution in [0, 0.1) is 5.92 Å². The second-order valence-electron chi connectivity index (χ2n) is 11.9. The van der Waals surface area contributed by atoms with E-state index in [0.717, 1.165) is 12.8 Å². The minimum Gasteiger partial charge on any atom is -0.250 e. The third-order valence-corrected chi connectivity index (χ3v) is 8.53. The van der Waals surface area contributed by atoms with Gasteiger partial charge in [-0.1, -0.05) is 164 Å². The minimum atomic E-state index is 0.517. The van der Waals surface area contributed by atoms with Gasteiger partial charge in [-0.2, -0.15) is 0 Å². The first-order valence-corrected chi connectivity index (χ1v) is 16.5. The summed E-state index contributed by atoms with van der Waals surface area (Å²) in [6, 6.07) is 22.7. The summed E-state index contributed by atoms with van der Waals surface area (Å²) in [6.07, 6.45) is 32.8. The number of rotatable bonds is 23. The van der Waals surface area contributed by atoms with Crippen LogP contribution >= 0.6 is 0 Å². The number of hydrogen-bond acceptors (Lipinski definition) is 0. The second-order valence-corrected chi connectivity index (χ2v) is 11.9. The van der Waals surface area contributed by atoms with Crippen LogP contribution in [0.25, 0.3) is 0 Å². The molecule has 3 aromatic rings. The Kier molecular flexibility index (Phi) is 16.4. The van der Waals surface area contributed by atoms with Crippen LogP contribution in [0.2, 0.25) is 0 Å². The van der Waals surface area contributed by atoms with Crippen LogP contribution in [0.3, 0.4) is 0 Å². The van der Waals surface area contributed by atoms with Gasteiger partial charge in [-0.25, -0.2) is 4.57 Å². The second kappa shape index (κ2) is 20.5. The highest BCUT2D eigenvalue weighted by molar-refractivity contribution is 5.19. The summed E-state index contributed by atoms with van der Waals surface area (Å²) < 4.78 is 2.45. The summed E-state index contributed by atoms with van der Waals surface area (Å²) in [7, 11) is 0. The summed E-state index contributed by atoms with van der Waals surface area (Å²) in [4.78, 5) is 3.31. The molecule has 2 nitrogen and oxygen atoms in total. The van der Waals surface area contributed by atoms with Gasteiger partial charge in [0.05, 0.1) is 0 Å². The van der Waals surface area contributed by atoms with Gasteiger partial charge >= 0.3 is 0 Å². The van der Waals surface area contributed by atoms with E-state index in [-0.39, 0.29) is 0 Å². The number of imidazole rings is 1. The zero-order valence-electron chi connectivity index (χ0n) is 25.0. The summed E-state index contributed by atoms with van der Waals surface area (Å²) in [5.74, 6) is 0.576. The number of hydrogen-bond donors (Lipinski definition) is 1. The molecule has 1 unspecified atom stereocenters. The Labute approximate surface area is 240 Å². The standard InChI is InChI=1S/C37H56N2/c1-2-3-4-5-6-7-8-9-10-11-12-13-14-15-16-23-28-37(39-30-29-38-33-39)36(31-34-24-19-17-20-25-34)32-35-26-21-18-22-27-35/h17-22,24-27,29-30,33,36-37H,2-16,23,28,31-32H2,1H3/p+1. The molecule has 0 aliphatic rings. The molecule has 214 valence electrons. The first-order valence-electron chi connectivity index (χ1n) is 16.5. The van der Waals surface area contributed by atoms with Crippen LogP contribution in [0.1, 0.15) is 133 Å². The quantitative estimate of drug-likeness (QED) is 0.0931. The lowest BCUT2D eigenvalue weighted by atomic mass is 9.84. The summed E-state index contributed by atoms with van der Waals surface area (Å²) in [6.45, 7) is 2.30. The molecule has 0 aliphatic heterocycles. The molecule has 2 heteroatoms. The molecular formula is C37H57N2+. The average Bonchev–Trinajstić information content (AvgIpc) is 3.50. The number of nitrogens with one attached hydrogen (secondary N) is 1. The molecule has 2 aromatic carbocycles. The number of H-pyrrole nitrogens is 1. The van der Waals surface area contributed by atoms with Gasteiger partial charge in [-0.15, -0.1) is 0 Å². The van der Waals surface area contributed by atoms with Gasteiger partial charge in [0, 0.05) is 5.92 Å². The van der Waals surface area contributed by atoms with E-state index in [1.54, 1.807) is 0 Å². The summed E-state index contributed by atoms with van der Waals surface area (Å²) in [5.41, 5.74) is 2.90. The smallest absolute Gasteiger partial charge is 0.241 e. The Morgan fingerprint density at radius 2 is 1.00 bits per heavy atom. The largest absolute Gasteiger partial charge is 0.250 e. The number of aromatic nitrogens is 2. The zero-order chi connectivity index (χ0) is 27.2. The maximum Gasteiger partial charge on any atom is 0.241 e. The van der Waals surface area contributed by atoms with Crippen LogP contribution in [-0.2, 0) is 12.8 Å². The Bertz CT molecular complexity index is 877. The van der Waals surface area contributed by atoms with Crippen LogP contribution in [-0.4, -0.2) is 4.98 Å². The van der Waals surface area contributed by atoms with Crippen molar-refractivity contribution in [3.63, 3.8) is 0 Å². The fourth-order valence-electron chi connectivity index (χ4n) is 6.22. The van der Waals surface area contributed by atoms with Crippen molar-refractivity contribution >= 4 is 0 Å². The lowest BCUT2D eigenvalue weighted by molar-refractivity contribution is -0.729. The van der Waals surface area contributed by atoms with Gasteiger partial charge in [0.1, 0.15) is 18.4 Å². The van der Waals surface area contributed by atoms with E-state index in [1.807, 2.05) is 0 Å². The molecule has 3 rings (SSSR count). The molecule has 0 aliphatic carbocycles. The first kappa shape index (κ1) is 31.2. The van der Waals surface area contributed by atoms with E-state index < -0.39 is 0 Å². The zero-order valence-corrected chi connectivity index (χ0v) is 25.0. The molecule has 39 heavy (non-hydrogen) atoms. The number of nitrogens with zero attached hydrogens (tertiary/aromatic N) is 1. The van der Waals surface area contributed by atoms with Gasteiger partial charge in [0.15, 0.2) is 0 Å². The third kappa shape index (κ3) is 13.5. The maximum atomic E-state index is 3.31. The van der Waals surface area contributed by atoms with E-state index in [9.17, 15) is 0 Å². The van der Waals surface area contributed by atoms with Crippen LogP contribution in [0.4, 0.5) is 0 Å². The molecule has 0 amide bonds. The van der Waals surface area contributed by atoms with E-state index >= 15 is 0 Å². The molecular weight excluding hydrogens is 472 g/mol. The minimum absolute atomic E-state index is 0.517. The van der Waals surface area contributed by atoms with Gasteiger partial charge in [0.25, 0.3) is 0 Å². The Morgan fingerprint density at radius 3 is 1.41 bits per heavy atom. The average molecular weight is 530 g/mol. The molecule has 1 aromatic heterocycles. The summed E-state index contributed by atoms with van der Waals surface area (Å²) >= 11 is 0. The van der Waals surface area contributed by atoms with E-state index in [0.29, 0.717) is 12.0 Å². The molecule has 1 N–H and O–H groups in total. The molecule has 0 spiro atoms. The number of unbranched alkanes of at least 4 members (excludes halogenated alkanes) is 15. The van der Waals surface area contributed by atoms with Crippen LogP contribution in [0.15, 0.2) is 79.4 Å². The molecule has 0 saturated heterocycles. The Hall–Kier alpha value is -2.35. The third-order valence-electron chi connectivity index (χ3n) is 8.53. The lowest BCUT2D eigenvalue weighted by Crippen LogP contribution is -2.43. The highest BCUT2D eigenvalue weighted by Crippen LogP contribution is 2.27. The molecule has 1 heterocycles. The molecule has 1 atom stereocenters. The predicted molar refractivity (Wildman–Crippen MR) is 168 cm³/mol. The van der Waals surface area contributed by atoms with Crippen molar-refractivity contribution < 1.29 is 4.57 Å². The van der Waals surface area contributed by atoms with E-state index in [2.05, 4.69) is 95.9 Å². The van der Waals surface area contributed by atoms with Gasteiger partial charge in [-0.05, 0) is 36.8 Å². The number of aromatic amines is 1. The Balaban J connectivity index is 1.35. The van der Waals surface area contributed by atoms with Gasteiger partial charge < -0.3 is 0 Å². The fraction of sp³-hybridized carbons (Fsp3) is 0.595. The highest BCUT2D eigenvalue weighted by atomic mass is 15.1. The van der Waals surface area contributed by atoms with Crippen molar-refractivity contribution in [1.82, 2.24) is 4.98 Å². The van der Waals surface area contributed by atoms with Crippen LogP contribution in [0.5, 0.6) is 0 Å². The van der Waals surface area contributed by atoms with E-state index in [1.165, 1.54) is 120 Å². The highest BCUT2D eigenvalue weighted by Gasteiger charge is 2.27. The van der Waals surface area contributed by atoms with Crippen molar-refractivity contribution in [2.75, 3.05) is 0 Å². The van der Waals surface area contributed by atoms with Crippen LogP contribution < -0.4 is 4.57 Å². The van der Waals surface area contributed by atoms with Crippen molar-refractivity contribution in [2.45, 2.75) is 135 Å². The van der Waals surface area contributed by atoms with E-state index in [4.69, 9.17) is 0 Å². The lowest BCUT2D eigenvalue weighted by Gasteiger charge is -2.25. The molecule has 0 radical (unpaired) electrons. The van der Waals surface area contributed by atoms with Gasteiger partial charge in [0.2, 0.25) is 6.33 Å². The molecule has 0 bridgehead atoms. The predicted octanol–water partition coefficient (Wildman–Crippen LogP) is 10.6. The van der Waals surface area contributed by atoms with Crippen molar-refractivity contribution in [3.8, 4) is 0 Å². The van der Waals surface area contributed by atoms with Crippen molar-refractivity contribution in [1.29, 1.82) is 0 Å². The van der Waals surface area contributed by atoms with Gasteiger partial charge in [-0.3, -0.25) is 4.98 Å². The molecule has 0 fully saturated rings. The van der Waals surface area contributed by atoms with Crippen molar-refractivity contribution in [3.05, 3.63) is 90.5 Å². The Morgan fingerprint density at radius 1 is 0.564 bits per heavy atom. The first-order chi connectivity index (χ1) is 19.4. The van der Waals surface area contributed by atoms with Crippen molar-refractivity contribution in [2.24, 2.45) is 5.92 Å². The number of benzene rings is 2. The maximum absolute atomic E-state index is 3.31.